The normalized spacial score (nSPS) is 10.4. The van der Waals surface area contributed by atoms with E-state index in [2.05, 4.69) is 20.6 Å². The Morgan fingerprint density at radius 1 is 1.30 bits per heavy atom. The van der Waals surface area contributed by atoms with Crippen molar-refractivity contribution >= 4 is 5.91 Å². The highest BCUT2D eigenvalue weighted by Gasteiger charge is 2.08. The van der Waals surface area contributed by atoms with Crippen LogP contribution in [0.1, 0.15) is 15.9 Å². The molecule has 0 aliphatic heterocycles. The van der Waals surface area contributed by atoms with E-state index in [1.165, 1.54) is 6.20 Å². The van der Waals surface area contributed by atoms with Gasteiger partial charge < -0.3 is 5.32 Å². The molecule has 3 rings (SSSR count). The van der Waals surface area contributed by atoms with Crippen LogP contribution in [0.25, 0.3) is 5.69 Å². The molecule has 100 valence electrons. The predicted octanol–water partition coefficient (Wildman–Crippen LogP) is 1.53. The molecule has 0 radical (unpaired) electrons. The third-order valence-electron chi connectivity index (χ3n) is 2.94. The Bertz CT molecular complexity index is 688. The smallest absolute Gasteiger partial charge is 0.254 e. The van der Waals surface area contributed by atoms with E-state index < -0.39 is 0 Å². The van der Waals surface area contributed by atoms with Gasteiger partial charge in [-0.05, 0) is 17.7 Å². The maximum atomic E-state index is 11.9. The molecule has 0 unspecified atom stereocenters. The molecule has 0 atom stereocenters. The topological polar surface area (TPSA) is 75.6 Å². The summed E-state index contributed by atoms with van der Waals surface area (Å²) in [5, 5.41) is 13.5. The van der Waals surface area contributed by atoms with E-state index in [9.17, 15) is 4.79 Å². The number of nitrogens with zero attached hydrogens (tertiary/aromatic N) is 3. The van der Waals surface area contributed by atoms with Gasteiger partial charge in [0.15, 0.2) is 0 Å². The monoisotopic (exact) mass is 267 g/mol. The molecule has 1 aromatic carbocycles. The summed E-state index contributed by atoms with van der Waals surface area (Å²) in [6, 6.07) is 9.67. The third-order valence-corrected chi connectivity index (χ3v) is 2.94. The average Bonchev–Trinajstić information content (AvgIpc) is 3.17. The largest absolute Gasteiger partial charge is 0.348 e. The van der Waals surface area contributed by atoms with Crippen LogP contribution < -0.4 is 5.32 Å². The van der Waals surface area contributed by atoms with Crippen LogP contribution in [-0.4, -0.2) is 25.9 Å². The first-order chi connectivity index (χ1) is 9.84. The van der Waals surface area contributed by atoms with Crippen molar-refractivity contribution < 1.29 is 4.79 Å². The zero-order valence-electron chi connectivity index (χ0n) is 10.7. The second kappa shape index (κ2) is 5.40. The maximum absolute atomic E-state index is 11.9. The number of rotatable bonds is 4. The summed E-state index contributed by atoms with van der Waals surface area (Å²) in [5.41, 5.74) is 2.46. The highest BCUT2D eigenvalue weighted by molar-refractivity contribution is 5.93. The molecular formula is C14H13N5O. The van der Waals surface area contributed by atoms with E-state index in [1.54, 1.807) is 17.1 Å². The van der Waals surface area contributed by atoms with Gasteiger partial charge in [-0.1, -0.05) is 18.2 Å². The van der Waals surface area contributed by atoms with Crippen LogP contribution in [0.15, 0.2) is 55.1 Å². The molecule has 0 bridgehead atoms. The number of hydrogen-bond donors (Lipinski definition) is 2. The number of nitrogens with one attached hydrogen (secondary N) is 2. The van der Waals surface area contributed by atoms with E-state index in [0.717, 1.165) is 11.3 Å². The summed E-state index contributed by atoms with van der Waals surface area (Å²) in [4.78, 5) is 11.9. The van der Waals surface area contributed by atoms with Crippen molar-refractivity contribution in [2.45, 2.75) is 6.54 Å². The maximum Gasteiger partial charge on any atom is 0.254 e. The van der Waals surface area contributed by atoms with Crippen molar-refractivity contribution in [2.24, 2.45) is 0 Å². The summed E-state index contributed by atoms with van der Waals surface area (Å²) in [7, 11) is 0. The first kappa shape index (κ1) is 12.2. The van der Waals surface area contributed by atoms with Gasteiger partial charge in [0.25, 0.3) is 5.91 Å². The number of H-pyrrole nitrogens is 1. The van der Waals surface area contributed by atoms with E-state index in [-0.39, 0.29) is 5.91 Å². The van der Waals surface area contributed by atoms with Crippen molar-refractivity contribution in [3.63, 3.8) is 0 Å². The summed E-state index contributed by atoms with van der Waals surface area (Å²) in [6.07, 6.45) is 6.65. The molecule has 2 heterocycles. The molecule has 0 aliphatic carbocycles. The van der Waals surface area contributed by atoms with Crippen LogP contribution in [0, 0.1) is 0 Å². The number of aromatic amines is 1. The van der Waals surface area contributed by atoms with Crippen LogP contribution in [0.2, 0.25) is 0 Å². The van der Waals surface area contributed by atoms with Gasteiger partial charge >= 0.3 is 0 Å². The van der Waals surface area contributed by atoms with E-state index >= 15 is 0 Å². The molecule has 6 heteroatoms. The van der Waals surface area contributed by atoms with Crippen LogP contribution in [0.3, 0.4) is 0 Å². The van der Waals surface area contributed by atoms with Gasteiger partial charge in [-0.15, -0.1) is 0 Å². The summed E-state index contributed by atoms with van der Waals surface area (Å²) in [6.45, 7) is 0.431. The van der Waals surface area contributed by atoms with Gasteiger partial charge in [-0.2, -0.15) is 10.2 Å². The Morgan fingerprint density at radius 2 is 2.20 bits per heavy atom. The van der Waals surface area contributed by atoms with Crippen molar-refractivity contribution in [1.29, 1.82) is 0 Å². The molecule has 0 saturated carbocycles. The zero-order chi connectivity index (χ0) is 13.8. The fourth-order valence-corrected chi connectivity index (χ4v) is 1.95. The zero-order valence-corrected chi connectivity index (χ0v) is 10.7. The Hall–Kier alpha value is -2.89. The molecule has 2 N–H and O–H groups in total. The average molecular weight is 267 g/mol. The molecule has 0 fully saturated rings. The van der Waals surface area contributed by atoms with Crippen LogP contribution in [0.5, 0.6) is 0 Å². The van der Waals surface area contributed by atoms with Crippen molar-refractivity contribution in [1.82, 2.24) is 25.3 Å². The SMILES string of the molecule is O=C(NCc1ccccc1-n1cccn1)c1cn[nH]c1. The van der Waals surface area contributed by atoms with Crippen LogP contribution >= 0.6 is 0 Å². The Balaban J connectivity index is 1.77. The minimum atomic E-state index is -0.158. The number of aromatic nitrogens is 4. The molecule has 1 amide bonds. The summed E-state index contributed by atoms with van der Waals surface area (Å²) < 4.78 is 1.78. The first-order valence-electron chi connectivity index (χ1n) is 6.19. The molecule has 2 aromatic heterocycles. The quantitative estimate of drug-likeness (QED) is 0.752. The van der Waals surface area contributed by atoms with Crippen molar-refractivity contribution in [2.75, 3.05) is 0 Å². The number of hydrogen-bond acceptors (Lipinski definition) is 3. The lowest BCUT2D eigenvalue weighted by atomic mass is 10.1. The van der Waals surface area contributed by atoms with Crippen molar-refractivity contribution in [3.8, 4) is 5.69 Å². The molecule has 3 aromatic rings. The molecular weight excluding hydrogens is 254 g/mol. The van der Waals surface area contributed by atoms with E-state index in [1.807, 2.05) is 36.5 Å². The minimum absolute atomic E-state index is 0.158. The van der Waals surface area contributed by atoms with Crippen LogP contribution in [0.4, 0.5) is 0 Å². The number of para-hydroxylation sites is 1. The number of amides is 1. The van der Waals surface area contributed by atoms with Crippen LogP contribution in [-0.2, 0) is 6.54 Å². The third kappa shape index (κ3) is 2.44. The standard InChI is InChI=1S/C14H13N5O/c20-14(12-9-16-17-10-12)15-8-11-4-1-2-5-13(11)19-7-3-6-18-19/h1-7,9-10H,8H2,(H,15,20)(H,16,17). The molecule has 0 aliphatic rings. The summed E-state index contributed by atoms with van der Waals surface area (Å²) in [5.74, 6) is -0.158. The number of carbonyl (C=O) groups is 1. The fourth-order valence-electron chi connectivity index (χ4n) is 1.95. The fraction of sp³-hybridized carbons (Fsp3) is 0.0714. The Morgan fingerprint density at radius 3 is 2.95 bits per heavy atom. The van der Waals surface area contributed by atoms with Gasteiger partial charge in [0.2, 0.25) is 0 Å². The van der Waals surface area contributed by atoms with Gasteiger partial charge in [0.1, 0.15) is 0 Å². The second-order valence-electron chi connectivity index (χ2n) is 4.25. The van der Waals surface area contributed by atoms with Gasteiger partial charge in [0.05, 0.1) is 17.4 Å². The molecule has 20 heavy (non-hydrogen) atoms. The predicted molar refractivity (Wildman–Crippen MR) is 73.3 cm³/mol. The summed E-state index contributed by atoms with van der Waals surface area (Å²) >= 11 is 0. The highest BCUT2D eigenvalue weighted by atomic mass is 16.1. The highest BCUT2D eigenvalue weighted by Crippen LogP contribution is 2.13. The van der Waals surface area contributed by atoms with Gasteiger partial charge in [-0.25, -0.2) is 4.68 Å². The second-order valence-corrected chi connectivity index (χ2v) is 4.25. The lowest BCUT2D eigenvalue weighted by Gasteiger charge is -2.10. The lowest BCUT2D eigenvalue weighted by Crippen LogP contribution is -2.23. The molecule has 6 nitrogen and oxygen atoms in total. The van der Waals surface area contributed by atoms with Gasteiger partial charge in [-0.3, -0.25) is 9.89 Å². The Labute approximate surface area is 115 Å². The molecule has 0 spiro atoms. The van der Waals surface area contributed by atoms with E-state index in [0.29, 0.717) is 12.1 Å². The lowest BCUT2D eigenvalue weighted by molar-refractivity contribution is 0.0951. The first-order valence-corrected chi connectivity index (χ1v) is 6.19. The van der Waals surface area contributed by atoms with E-state index in [4.69, 9.17) is 0 Å². The molecule has 0 saturated heterocycles. The Kier molecular flexibility index (Phi) is 3.28. The van der Waals surface area contributed by atoms with Crippen molar-refractivity contribution in [3.05, 3.63) is 66.2 Å². The minimum Gasteiger partial charge on any atom is -0.348 e. The van der Waals surface area contributed by atoms with Gasteiger partial charge in [0, 0.05) is 25.1 Å². The number of benzene rings is 1. The number of carbonyl (C=O) groups excluding carboxylic acids is 1.